The van der Waals surface area contributed by atoms with Gasteiger partial charge in [-0.2, -0.15) is 0 Å². The molecule has 0 bridgehead atoms. The number of pyridine rings is 1. The zero-order chi connectivity index (χ0) is 20.1. The molecule has 1 heterocycles. The quantitative estimate of drug-likeness (QED) is 0.242. The molecule has 3 nitrogen and oxygen atoms in total. The van der Waals surface area contributed by atoms with E-state index in [1.54, 1.807) is 0 Å². The van der Waals surface area contributed by atoms with Crippen molar-refractivity contribution < 1.29 is 30.0 Å². The number of nitrogens with zero attached hydrogens (tertiary/aromatic N) is 1. The molecule has 1 radical (unpaired) electrons. The Morgan fingerprint density at radius 3 is 2.21 bits per heavy atom. The van der Waals surface area contributed by atoms with E-state index in [1.165, 1.54) is 47.6 Å². The van der Waals surface area contributed by atoms with Gasteiger partial charge in [-0.3, -0.25) is 9.78 Å². The van der Waals surface area contributed by atoms with Crippen molar-refractivity contribution in [3.63, 3.8) is 0 Å². The second-order valence-electron chi connectivity index (χ2n) is 6.91. The zero-order valence-corrected chi connectivity index (χ0v) is 19.6. The molecule has 0 aliphatic carbocycles. The predicted octanol–water partition coefficient (Wildman–Crippen LogP) is 5.97. The average Bonchev–Trinajstić information content (AvgIpc) is 2.58. The Labute approximate surface area is 180 Å². The second kappa shape index (κ2) is 10.3. The van der Waals surface area contributed by atoms with Crippen LogP contribution >= 0.6 is 0 Å². The second-order valence-corrected chi connectivity index (χ2v) is 6.91. The van der Waals surface area contributed by atoms with Crippen LogP contribution in [0.3, 0.4) is 0 Å². The normalized spacial score (nSPS) is 10.7. The first kappa shape index (κ1) is 23.7. The molecule has 0 spiro atoms. The maximum atomic E-state index is 10.0. The van der Waals surface area contributed by atoms with Gasteiger partial charge in [0.25, 0.3) is 0 Å². The standard InChI is InChI=1S/C19H18N.C5H8O2.Ir/c1-12-5-6-16-7-8-18(20-19(16)9-12)17-10-13(2)15(4)14(3)11-17;1-4(6)3-5(2)7;/h5-10H,1-4H3;3,6H,1-2H3;/q-1;;/b;4-3-;. The summed E-state index contributed by atoms with van der Waals surface area (Å²) >= 11 is 0. The number of benzene rings is 2. The smallest absolute Gasteiger partial charge is 0.155 e. The van der Waals surface area contributed by atoms with E-state index in [1.807, 2.05) is 0 Å². The summed E-state index contributed by atoms with van der Waals surface area (Å²) < 4.78 is 0. The van der Waals surface area contributed by atoms with Crippen molar-refractivity contribution in [1.82, 2.24) is 4.98 Å². The molecule has 3 rings (SSSR count). The van der Waals surface area contributed by atoms with Crippen molar-refractivity contribution in [2.75, 3.05) is 0 Å². The minimum Gasteiger partial charge on any atom is -0.512 e. The van der Waals surface area contributed by atoms with Crippen molar-refractivity contribution in [1.29, 1.82) is 0 Å². The molecule has 0 aliphatic heterocycles. The molecule has 4 heteroatoms. The van der Waals surface area contributed by atoms with Crippen LogP contribution in [0.4, 0.5) is 0 Å². The molecule has 28 heavy (non-hydrogen) atoms. The number of rotatable bonds is 2. The summed E-state index contributed by atoms with van der Waals surface area (Å²) in [5.74, 6) is -0.0625. The van der Waals surface area contributed by atoms with E-state index in [-0.39, 0.29) is 31.6 Å². The van der Waals surface area contributed by atoms with Gasteiger partial charge in [-0.15, -0.1) is 34.4 Å². The van der Waals surface area contributed by atoms with Gasteiger partial charge in [0, 0.05) is 26.2 Å². The fourth-order valence-corrected chi connectivity index (χ4v) is 2.76. The Kier molecular flexibility index (Phi) is 8.74. The summed E-state index contributed by atoms with van der Waals surface area (Å²) in [6.07, 6.45) is 1.17. The summed E-state index contributed by atoms with van der Waals surface area (Å²) in [6, 6.07) is 16.2. The van der Waals surface area contributed by atoms with Crippen LogP contribution in [0, 0.1) is 33.8 Å². The number of ketones is 1. The van der Waals surface area contributed by atoms with Crippen LogP contribution < -0.4 is 0 Å². The molecule has 0 unspecified atom stereocenters. The van der Waals surface area contributed by atoms with Crippen LogP contribution in [0.15, 0.2) is 48.2 Å². The van der Waals surface area contributed by atoms with E-state index >= 15 is 0 Å². The van der Waals surface area contributed by atoms with Crippen LogP contribution in [0.1, 0.15) is 36.1 Å². The Balaban J connectivity index is 0.000000425. The average molecular weight is 553 g/mol. The van der Waals surface area contributed by atoms with E-state index in [2.05, 4.69) is 70.2 Å². The van der Waals surface area contributed by atoms with Gasteiger partial charge in [-0.1, -0.05) is 45.0 Å². The number of aliphatic hydroxyl groups excluding tert-OH is 1. The van der Waals surface area contributed by atoms with Crippen molar-refractivity contribution >= 4 is 16.7 Å². The number of allylic oxidation sites excluding steroid dienone is 2. The van der Waals surface area contributed by atoms with Gasteiger partial charge in [0.1, 0.15) is 0 Å². The fraction of sp³-hybridized carbons (Fsp3) is 0.250. The fourth-order valence-electron chi connectivity index (χ4n) is 2.76. The van der Waals surface area contributed by atoms with Crippen molar-refractivity contribution in [3.8, 4) is 11.3 Å². The number of carbonyl (C=O) groups is 1. The molecule has 149 valence electrons. The van der Waals surface area contributed by atoms with E-state index in [0.29, 0.717) is 0 Å². The molecule has 2 aromatic carbocycles. The van der Waals surface area contributed by atoms with E-state index < -0.39 is 0 Å². The van der Waals surface area contributed by atoms with Gasteiger partial charge in [0.15, 0.2) is 5.78 Å². The third-order valence-corrected chi connectivity index (χ3v) is 4.37. The topological polar surface area (TPSA) is 50.2 Å². The number of hydrogen-bond acceptors (Lipinski definition) is 3. The molecule has 3 aromatic rings. The number of fused-ring (bicyclic) bond motifs is 1. The van der Waals surface area contributed by atoms with Gasteiger partial charge < -0.3 is 5.11 Å². The predicted molar refractivity (Wildman–Crippen MR) is 112 cm³/mol. The van der Waals surface area contributed by atoms with Gasteiger partial charge in [-0.05, 0) is 43.5 Å². The third-order valence-electron chi connectivity index (χ3n) is 4.37. The van der Waals surface area contributed by atoms with E-state index in [4.69, 9.17) is 10.1 Å². The Morgan fingerprint density at radius 2 is 1.68 bits per heavy atom. The van der Waals surface area contributed by atoms with Gasteiger partial charge in [0.05, 0.1) is 11.3 Å². The molecular formula is C24H26IrNO2-. The summed E-state index contributed by atoms with van der Waals surface area (Å²) in [5.41, 5.74) is 8.16. The molecule has 1 N–H and O–H groups in total. The molecule has 0 atom stereocenters. The van der Waals surface area contributed by atoms with Gasteiger partial charge in [0.2, 0.25) is 0 Å². The number of aromatic nitrogens is 1. The summed E-state index contributed by atoms with van der Waals surface area (Å²) in [6.45, 7) is 11.3. The molecule has 0 aliphatic rings. The largest absolute Gasteiger partial charge is 0.512 e. The van der Waals surface area contributed by atoms with Crippen LogP contribution in [-0.4, -0.2) is 15.9 Å². The summed E-state index contributed by atoms with van der Waals surface area (Å²) in [7, 11) is 0. The monoisotopic (exact) mass is 553 g/mol. The maximum absolute atomic E-state index is 10.0. The van der Waals surface area contributed by atoms with Crippen LogP contribution in [0.2, 0.25) is 0 Å². The first-order valence-corrected chi connectivity index (χ1v) is 8.93. The summed E-state index contributed by atoms with van der Waals surface area (Å²) in [4.78, 5) is 14.8. The molecule has 0 amide bonds. The van der Waals surface area contributed by atoms with Gasteiger partial charge in [-0.25, -0.2) is 0 Å². The van der Waals surface area contributed by atoms with Crippen molar-refractivity contribution in [2.45, 2.75) is 41.5 Å². The SMILES string of the molecule is CC(=O)/C=C(/C)O.Cc1ccc2ccc(-c3[c-]c(C)c(C)c(C)c3)nc2c1.[Ir]. The van der Waals surface area contributed by atoms with Crippen LogP contribution in [0.25, 0.3) is 22.2 Å². The van der Waals surface area contributed by atoms with E-state index in [0.717, 1.165) is 16.8 Å². The molecule has 0 saturated heterocycles. The van der Waals surface area contributed by atoms with Gasteiger partial charge >= 0.3 is 0 Å². The van der Waals surface area contributed by atoms with Crippen LogP contribution in [0.5, 0.6) is 0 Å². The minimum absolute atomic E-state index is 0. The molecule has 0 fully saturated rings. The Morgan fingerprint density at radius 1 is 1.04 bits per heavy atom. The third kappa shape index (κ3) is 6.40. The molecule has 1 aromatic heterocycles. The van der Waals surface area contributed by atoms with Crippen molar-refractivity contribution in [2.24, 2.45) is 0 Å². The summed E-state index contributed by atoms with van der Waals surface area (Å²) in [5, 5.41) is 9.54. The van der Waals surface area contributed by atoms with Crippen molar-refractivity contribution in [3.05, 3.63) is 76.6 Å². The van der Waals surface area contributed by atoms with Crippen LogP contribution in [-0.2, 0) is 24.9 Å². The maximum Gasteiger partial charge on any atom is 0.155 e. The zero-order valence-electron chi connectivity index (χ0n) is 17.2. The number of aliphatic hydroxyl groups is 1. The Bertz CT molecular complexity index is 995. The molecular weight excluding hydrogens is 526 g/mol. The number of hydrogen-bond donors (Lipinski definition) is 1. The first-order valence-electron chi connectivity index (χ1n) is 8.93. The molecule has 0 saturated carbocycles. The minimum atomic E-state index is -0.125. The number of aryl methyl sites for hydroxylation is 3. The number of carbonyl (C=O) groups excluding carboxylic acids is 1. The Hall–Kier alpha value is -2.29. The first-order chi connectivity index (χ1) is 12.7. The van der Waals surface area contributed by atoms with E-state index in [9.17, 15) is 4.79 Å².